The van der Waals surface area contributed by atoms with E-state index in [0.29, 0.717) is 22.8 Å². The van der Waals surface area contributed by atoms with Gasteiger partial charge in [-0.3, -0.25) is 9.20 Å². The topological polar surface area (TPSA) is 92.9 Å². The highest BCUT2D eigenvalue weighted by atomic mass is 16.5. The van der Waals surface area contributed by atoms with Crippen LogP contribution in [0.1, 0.15) is 21.7 Å². The minimum Gasteiger partial charge on any atom is -0.493 e. The van der Waals surface area contributed by atoms with Gasteiger partial charge in [0.1, 0.15) is 11.7 Å². The van der Waals surface area contributed by atoms with Gasteiger partial charge in [-0.2, -0.15) is 0 Å². The van der Waals surface area contributed by atoms with Crippen molar-refractivity contribution >= 4 is 17.5 Å². The average molecular weight is 353 g/mol. The molecule has 0 radical (unpaired) electrons. The van der Waals surface area contributed by atoms with Gasteiger partial charge in [0.2, 0.25) is 0 Å². The number of hydrogen-bond donors (Lipinski definition) is 2. The number of fused-ring (bicyclic) bond motifs is 1. The molecule has 1 amide bonds. The number of ether oxygens (including phenoxy) is 1. The molecule has 0 bridgehead atoms. The molecule has 2 heterocycles. The first-order chi connectivity index (χ1) is 12.5. The molecule has 7 heteroatoms. The van der Waals surface area contributed by atoms with Crippen molar-refractivity contribution in [2.45, 2.75) is 19.4 Å². The monoisotopic (exact) mass is 353 g/mol. The fraction of sp³-hybridized carbons (Fsp3) is 0.211. The molecule has 7 nitrogen and oxygen atoms in total. The van der Waals surface area contributed by atoms with Gasteiger partial charge in [-0.1, -0.05) is 30.3 Å². The summed E-state index contributed by atoms with van der Waals surface area (Å²) in [6.07, 6.45) is 1.89. The van der Waals surface area contributed by atoms with Crippen LogP contribution in [0, 0.1) is 6.92 Å². The second-order valence-corrected chi connectivity index (χ2v) is 5.87. The first kappa shape index (κ1) is 17.5. The maximum absolute atomic E-state index is 12.8. The molecular formula is C19H19N3O4. The molecule has 2 aromatic heterocycles. The van der Waals surface area contributed by atoms with Crippen LogP contribution in [-0.2, 0) is 11.2 Å². The highest BCUT2D eigenvalue weighted by molar-refractivity contribution is 5.97. The molecule has 0 spiro atoms. The second kappa shape index (κ2) is 7.26. The van der Waals surface area contributed by atoms with Crippen molar-refractivity contribution < 1.29 is 19.4 Å². The quantitative estimate of drug-likeness (QED) is 0.708. The molecule has 134 valence electrons. The van der Waals surface area contributed by atoms with Crippen molar-refractivity contribution in [1.29, 1.82) is 0 Å². The Hall–Kier alpha value is -3.35. The van der Waals surface area contributed by atoms with Crippen LogP contribution in [0.25, 0.3) is 5.65 Å². The summed E-state index contributed by atoms with van der Waals surface area (Å²) in [6.45, 7) is 1.70. The van der Waals surface area contributed by atoms with Gasteiger partial charge in [0.15, 0.2) is 11.4 Å². The normalized spacial score (nSPS) is 11.9. The lowest BCUT2D eigenvalue weighted by atomic mass is 10.1. The number of aryl methyl sites for hydroxylation is 1. The predicted octanol–water partition coefficient (Wildman–Crippen LogP) is 2.08. The van der Waals surface area contributed by atoms with Gasteiger partial charge in [-0.25, -0.2) is 9.78 Å². The summed E-state index contributed by atoms with van der Waals surface area (Å²) in [4.78, 5) is 28.7. The van der Waals surface area contributed by atoms with Crippen LogP contribution in [-0.4, -0.2) is 39.5 Å². The van der Waals surface area contributed by atoms with Gasteiger partial charge in [0.25, 0.3) is 5.91 Å². The van der Waals surface area contributed by atoms with E-state index in [1.54, 1.807) is 29.7 Å². The standard InChI is InChI=1S/C19H19N3O4/c1-12-16(22-10-6-9-15(26-2)17(22)20-12)18(23)21-14(19(24)25)11-13-7-4-3-5-8-13/h3-10,14H,11H2,1-2H3,(H,21,23)(H,24,25). The molecule has 1 atom stereocenters. The van der Waals surface area contributed by atoms with Gasteiger partial charge >= 0.3 is 5.97 Å². The van der Waals surface area contributed by atoms with Crippen molar-refractivity contribution in [3.05, 3.63) is 65.6 Å². The molecule has 26 heavy (non-hydrogen) atoms. The van der Waals surface area contributed by atoms with E-state index in [1.165, 1.54) is 7.11 Å². The number of pyridine rings is 1. The Balaban J connectivity index is 1.90. The lowest BCUT2D eigenvalue weighted by Crippen LogP contribution is -2.42. The number of carboxylic acids is 1. The number of amides is 1. The highest BCUT2D eigenvalue weighted by Crippen LogP contribution is 2.21. The Morgan fingerprint density at radius 3 is 2.62 bits per heavy atom. The number of nitrogens with zero attached hydrogens (tertiary/aromatic N) is 2. The highest BCUT2D eigenvalue weighted by Gasteiger charge is 2.25. The Bertz CT molecular complexity index is 950. The number of imidazole rings is 1. The van der Waals surface area contributed by atoms with Crippen LogP contribution in [0.15, 0.2) is 48.7 Å². The first-order valence-corrected chi connectivity index (χ1v) is 8.10. The molecule has 2 N–H and O–H groups in total. The third kappa shape index (κ3) is 3.37. The molecule has 0 aliphatic carbocycles. The number of carboxylic acid groups (broad SMARTS) is 1. The van der Waals surface area contributed by atoms with E-state index in [2.05, 4.69) is 10.3 Å². The van der Waals surface area contributed by atoms with E-state index in [-0.39, 0.29) is 6.42 Å². The van der Waals surface area contributed by atoms with Crippen LogP contribution in [0.3, 0.4) is 0 Å². The molecule has 3 rings (SSSR count). The number of nitrogens with one attached hydrogen (secondary N) is 1. The number of carbonyl (C=O) groups is 2. The van der Waals surface area contributed by atoms with Crippen LogP contribution in [0.4, 0.5) is 0 Å². The summed E-state index contributed by atoms with van der Waals surface area (Å²) in [5.74, 6) is -1.05. The zero-order valence-electron chi connectivity index (χ0n) is 14.5. The lowest BCUT2D eigenvalue weighted by Gasteiger charge is -2.15. The third-order valence-electron chi connectivity index (χ3n) is 4.11. The summed E-state index contributed by atoms with van der Waals surface area (Å²) >= 11 is 0. The fourth-order valence-corrected chi connectivity index (χ4v) is 2.87. The minimum absolute atomic E-state index is 0.195. The van der Waals surface area contributed by atoms with Crippen LogP contribution >= 0.6 is 0 Å². The molecule has 1 aromatic carbocycles. The van der Waals surface area contributed by atoms with Crippen molar-refractivity contribution in [3.8, 4) is 5.75 Å². The largest absolute Gasteiger partial charge is 0.493 e. The Labute approximate surface area is 150 Å². The molecule has 0 aliphatic heterocycles. The Morgan fingerprint density at radius 2 is 1.96 bits per heavy atom. The number of aromatic nitrogens is 2. The van der Waals surface area contributed by atoms with E-state index in [1.807, 2.05) is 30.3 Å². The van der Waals surface area contributed by atoms with Gasteiger partial charge in [0, 0.05) is 12.6 Å². The van der Waals surface area contributed by atoms with Crippen molar-refractivity contribution in [1.82, 2.24) is 14.7 Å². The zero-order valence-corrected chi connectivity index (χ0v) is 14.5. The smallest absolute Gasteiger partial charge is 0.326 e. The number of aliphatic carboxylic acids is 1. The van der Waals surface area contributed by atoms with E-state index >= 15 is 0 Å². The maximum Gasteiger partial charge on any atom is 0.326 e. The minimum atomic E-state index is -1.09. The van der Waals surface area contributed by atoms with E-state index in [9.17, 15) is 14.7 Å². The molecule has 0 fully saturated rings. The van der Waals surface area contributed by atoms with Crippen LogP contribution in [0.2, 0.25) is 0 Å². The van der Waals surface area contributed by atoms with Gasteiger partial charge in [-0.15, -0.1) is 0 Å². The first-order valence-electron chi connectivity index (χ1n) is 8.10. The van der Waals surface area contributed by atoms with E-state index in [4.69, 9.17) is 4.74 Å². The number of methoxy groups -OCH3 is 1. The van der Waals surface area contributed by atoms with Gasteiger partial charge in [0.05, 0.1) is 12.8 Å². The molecule has 1 unspecified atom stereocenters. The molecule has 0 saturated heterocycles. The van der Waals surface area contributed by atoms with E-state index in [0.717, 1.165) is 5.56 Å². The Kier molecular flexibility index (Phi) is 4.88. The number of rotatable bonds is 6. The van der Waals surface area contributed by atoms with Crippen LogP contribution < -0.4 is 10.1 Å². The number of hydrogen-bond acceptors (Lipinski definition) is 4. The summed E-state index contributed by atoms with van der Waals surface area (Å²) in [5.41, 5.74) is 2.12. The second-order valence-electron chi connectivity index (χ2n) is 5.87. The summed E-state index contributed by atoms with van der Waals surface area (Å²) < 4.78 is 6.87. The zero-order chi connectivity index (χ0) is 18.7. The van der Waals surface area contributed by atoms with Gasteiger partial charge < -0.3 is 15.2 Å². The summed E-state index contributed by atoms with van der Waals surface area (Å²) in [5, 5.41) is 12.1. The van der Waals surface area contributed by atoms with Crippen molar-refractivity contribution in [2.24, 2.45) is 0 Å². The van der Waals surface area contributed by atoms with Crippen molar-refractivity contribution in [3.63, 3.8) is 0 Å². The summed E-state index contributed by atoms with van der Waals surface area (Å²) in [7, 11) is 1.53. The van der Waals surface area contributed by atoms with Crippen LogP contribution in [0.5, 0.6) is 5.75 Å². The fourth-order valence-electron chi connectivity index (χ4n) is 2.87. The summed E-state index contributed by atoms with van der Waals surface area (Å²) in [6, 6.07) is 11.6. The lowest BCUT2D eigenvalue weighted by molar-refractivity contribution is -0.139. The molecular weight excluding hydrogens is 334 g/mol. The number of carbonyl (C=O) groups excluding carboxylic acids is 1. The van der Waals surface area contributed by atoms with E-state index < -0.39 is 17.9 Å². The maximum atomic E-state index is 12.8. The molecule has 0 aliphatic rings. The Morgan fingerprint density at radius 1 is 1.23 bits per heavy atom. The van der Waals surface area contributed by atoms with Crippen molar-refractivity contribution in [2.75, 3.05) is 7.11 Å². The average Bonchev–Trinajstić information content (AvgIpc) is 2.97. The molecule has 0 saturated carbocycles. The number of benzene rings is 1. The van der Waals surface area contributed by atoms with Gasteiger partial charge in [-0.05, 0) is 24.6 Å². The predicted molar refractivity (Wildman–Crippen MR) is 95.5 cm³/mol. The third-order valence-corrected chi connectivity index (χ3v) is 4.11. The SMILES string of the molecule is COc1cccn2c(C(=O)NC(Cc3ccccc3)C(=O)O)c(C)nc12. The molecule has 3 aromatic rings.